The van der Waals surface area contributed by atoms with Gasteiger partial charge in [-0.2, -0.15) is 0 Å². The van der Waals surface area contributed by atoms with Gasteiger partial charge in [0.1, 0.15) is 0 Å². The van der Waals surface area contributed by atoms with E-state index in [4.69, 9.17) is 0 Å². The van der Waals surface area contributed by atoms with Crippen LogP contribution in [0.15, 0.2) is 48.5 Å². The number of rotatable bonds is 5. The molecule has 2 rings (SSSR count). The minimum absolute atomic E-state index is 0. The first-order valence-corrected chi connectivity index (χ1v) is 6.62. The summed E-state index contributed by atoms with van der Waals surface area (Å²) in [6.07, 6.45) is 1.11. The molecule has 1 nitrogen and oxygen atoms in total. The molecule has 0 unspecified atom stereocenters. The summed E-state index contributed by atoms with van der Waals surface area (Å²) < 4.78 is 0. The Balaban J connectivity index is 0.00000180. The van der Waals surface area contributed by atoms with Gasteiger partial charge in [0.15, 0.2) is 0 Å². The van der Waals surface area contributed by atoms with E-state index in [0.29, 0.717) is 0 Å². The molecule has 102 valence electrons. The van der Waals surface area contributed by atoms with Crippen molar-refractivity contribution in [3.63, 3.8) is 0 Å². The van der Waals surface area contributed by atoms with E-state index in [9.17, 15) is 0 Å². The highest BCUT2D eigenvalue weighted by Gasteiger charge is 1.95. The molecule has 0 spiro atoms. The Morgan fingerprint density at radius 3 is 1.63 bits per heavy atom. The second-order valence-corrected chi connectivity index (χ2v) is 4.76. The first kappa shape index (κ1) is 15.7. The summed E-state index contributed by atoms with van der Waals surface area (Å²) in [6.45, 7) is 6.16. The first-order valence-electron chi connectivity index (χ1n) is 6.62. The number of hydrogen-bond donors (Lipinski definition) is 1. The lowest BCUT2D eigenvalue weighted by Crippen LogP contribution is -2.12. The van der Waals surface area contributed by atoms with Crippen molar-refractivity contribution < 1.29 is 0 Å². The molecule has 0 amide bonds. The van der Waals surface area contributed by atoms with Crippen LogP contribution in [0.25, 0.3) is 0 Å². The maximum atomic E-state index is 3.47. The van der Waals surface area contributed by atoms with Gasteiger partial charge in [0.05, 0.1) is 0 Å². The van der Waals surface area contributed by atoms with Crippen LogP contribution in [0.5, 0.6) is 0 Å². The maximum absolute atomic E-state index is 3.47. The van der Waals surface area contributed by atoms with Crippen molar-refractivity contribution in [1.82, 2.24) is 5.32 Å². The number of aryl methyl sites for hydroxylation is 2. The van der Waals surface area contributed by atoms with E-state index in [0.717, 1.165) is 19.5 Å². The van der Waals surface area contributed by atoms with Crippen molar-refractivity contribution in [2.75, 3.05) is 0 Å². The SMILES string of the molecule is CCc1ccc(CNCc2ccc(C)cc2)cc1.Cl. The summed E-state index contributed by atoms with van der Waals surface area (Å²) >= 11 is 0. The van der Waals surface area contributed by atoms with Crippen molar-refractivity contribution in [2.45, 2.75) is 33.4 Å². The van der Waals surface area contributed by atoms with Crippen LogP contribution in [0.2, 0.25) is 0 Å². The standard InChI is InChI=1S/C17H21N.ClH/c1-3-15-8-10-17(11-9-15)13-18-12-16-6-4-14(2)5-7-16;/h4-11,18H,3,12-13H2,1-2H3;1H. The van der Waals surface area contributed by atoms with E-state index in [2.05, 4.69) is 67.7 Å². The maximum Gasteiger partial charge on any atom is 0.0208 e. The zero-order valence-corrected chi connectivity index (χ0v) is 12.5. The fourth-order valence-corrected chi connectivity index (χ4v) is 1.95. The van der Waals surface area contributed by atoms with Gasteiger partial charge in [-0.05, 0) is 30.0 Å². The molecule has 0 aromatic heterocycles. The third kappa shape index (κ3) is 5.06. The summed E-state index contributed by atoms with van der Waals surface area (Å²) in [5.41, 5.74) is 5.40. The average Bonchev–Trinajstić information content (AvgIpc) is 2.42. The smallest absolute Gasteiger partial charge is 0.0208 e. The van der Waals surface area contributed by atoms with Crippen LogP contribution in [-0.4, -0.2) is 0 Å². The van der Waals surface area contributed by atoms with Crippen LogP contribution in [0.3, 0.4) is 0 Å². The fraction of sp³-hybridized carbons (Fsp3) is 0.294. The molecule has 0 aliphatic rings. The van der Waals surface area contributed by atoms with Crippen molar-refractivity contribution >= 4 is 12.4 Å². The van der Waals surface area contributed by atoms with Gasteiger partial charge in [0.25, 0.3) is 0 Å². The minimum atomic E-state index is 0. The van der Waals surface area contributed by atoms with E-state index < -0.39 is 0 Å². The molecule has 0 radical (unpaired) electrons. The molecule has 0 saturated carbocycles. The summed E-state index contributed by atoms with van der Waals surface area (Å²) in [5.74, 6) is 0. The van der Waals surface area contributed by atoms with Crippen molar-refractivity contribution in [3.05, 3.63) is 70.8 Å². The number of hydrogen-bond acceptors (Lipinski definition) is 1. The molecule has 0 atom stereocenters. The Morgan fingerprint density at radius 1 is 0.737 bits per heavy atom. The van der Waals surface area contributed by atoms with Gasteiger partial charge in [0.2, 0.25) is 0 Å². The van der Waals surface area contributed by atoms with Crippen LogP contribution in [0.1, 0.15) is 29.2 Å². The van der Waals surface area contributed by atoms with E-state index in [1.165, 1.54) is 22.3 Å². The lowest BCUT2D eigenvalue weighted by molar-refractivity contribution is 0.693. The topological polar surface area (TPSA) is 12.0 Å². The lowest BCUT2D eigenvalue weighted by atomic mass is 10.1. The Kier molecular flexibility index (Phi) is 6.61. The quantitative estimate of drug-likeness (QED) is 0.859. The summed E-state index contributed by atoms with van der Waals surface area (Å²) in [5, 5.41) is 3.47. The second kappa shape index (κ2) is 7.98. The number of halogens is 1. The molecule has 0 bridgehead atoms. The van der Waals surface area contributed by atoms with Crippen molar-refractivity contribution in [3.8, 4) is 0 Å². The monoisotopic (exact) mass is 275 g/mol. The van der Waals surface area contributed by atoms with Gasteiger partial charge in [-0.1, -0.05) is 61.0 Å². The van der Waals surface area contributed by atoms with E-state index >= 15 is 0 Å². The summed E-state index contributed by atoms with van der Waals surface area (Å²) in [4.78, 5) is 0. The molecular weight excluding hydrogens is 254 g/mol. The number of nitrogens with one attached hydrogen (secondary N) is 1. The molecule has 2 aromatic carbocycles. The minimum Gasteiger partial charge on any atom is -0.309 e. The Hall–Kier alpha value is -1.31. The molecule has 0 fully saturated rings. The van der Waals surface area contributed by atoms with Gasteiger partial charge in [-0.25, -0.2) is 0 Å². The molecule has 2 heteroatoms. The van der Waals surface area contributed by atoms with Crippen LogP contribution < -0.4 is 5.32 Å². The average molecular weight is 276 g/mol. The van der Waals surface area contributed by atoms with E-state index in [1.807, 2.05) is 0 Å². The normalized spacial score (nSPS) is 10.0. The Morgan fingerprint density at radius 2 is 1.16 bits per heavy atom. The van der Waals surface area contributed by atoms with Gasteiger partial charge < -0.3 is 5.32 Å². The number of benzene rings is 2. The second-order valence-electron chi connectivity index (χ2n) is 4.76. The zero-order chi connectivity index (χ0) is 12.8. The first-order chi connectivity index (χ1) is 8.78. The predicted octanol–water partition coefficient (Wildman–Crippen LogP) is 4.27. The molecule has 0 saturated heterocycles. The van der Waals surface area contributed by atoms with Gasteiger partial charge in [0, 0.05) is 13.1 Å². The van der Waals surface area contributed by atoms with Gasteiger partial charge in [-0.15, -0.1) is 12.4 Å². The van der Waals surface area contributed by atoms with Crippen LogP contribution in [0.4, 0.5) is 0 Å². The van der Waals surface area contributed by atoms with Crippen LogP contribution in [0, 0.1) is 6.92 Å². The van der Waals surface area contributed by atoms with Crippen molar-refractivity contribution in [1.29, 1.82) is 0 Å². The molecule has 0 aliphatic carbocycles. The lowest BCUT2D eigenvalue weighted by Gasteiger charge is -2.06. The highest BCUT2D eigenvalue weighted by atomic mass is 35.5. The highest BCUT2D eigenvalue weighted by Crippen LogP contribution is 2.06. The fourth-order valence-electron chi connectivity index (χ4n) is 1.95. The molecule has 0 heterocycles. The third-order valence-corrected chi connectivity index (χ3v) is 3.21. The largest absolute Gasteiger partial charge is 0.309 e. The van der Waals surface area contributed by atoms with Gasteiger partial charge >= 0.3 is 0 Å². The van der Waals surface area contributed by atoms with E-state index in [-0.39, 0.29) is 12.4 Å². The highest BCUT2D eigenvalue weighted by molar-refractivity contribution is 5.85. The molecular formula is C17H22ClN. The predicted molar refractivity (Wildman–Crippen MR) is 84.8 cm³/mol. The molecule has 2 aromatic rings. The molecule has 1 N–H and O–H groups in total. The molecule has 19 heavy (non-hydrogen) atoms. The van der Waals surface area contributed by atoms with Gasteiger partial charge in [-0.3, -0.25) is 0 Å². The zero-order valence-electron chi connectivity index (χ0n) is 11.6. The van der Waals surface area contributed by atoms with E-state index in [1.54, 1.807) is 0 Å². The Labute approximate surface area is 122 Å². The summed E-state index contributed by atoms with van der Waals surface area (Å²) in [7, 11) is 0. The van der Waals surface area contributed by atoms with Crippen molar-refractivity contribution in [2.24, 2.45) is 0 Å². The third-order valence-electron chi connectivity index (χ3n) is 3.21. The van der Waals surface area contributed by atoms with Crippen LogP contribution >= 0.6 is 12.4 Å². The Bertz CT molecular complexity index is 474. The molecule has 0 aliphatic heterocycles. The summed E-state index contributed by atoms with van der Waals surface area (Å²) in [6, 6.07) is 17.5. The van der Waals surface area contributed by atoms with Crippen LogP contribution in [-0.2, 0) is 19.5 Å².